The molecule has 5 rings (SSSR count). The summed E-state index contributed by atoms with van der Waals surface area (Å²) in [6.07, 6.45) is 1.73. The van der Waals surface area contributed by atoms with Crippen LogP contribution in [0.2, 0.25) is 0 Å². The van der Waals surface area contributed by atoms with E-state index in [4.69, 9.17) is 0 Å². The van der Waals surface area contributed by atoms with Crippen molar-refractivity contribution in [1.29, 1.82) is 0 Å². The molecule has 0 saturated heterocycles. The van der Waals surface area contributed by atoms with Crippen molar-refractivity contribution < 1.29 is 9.18 Å². The molecule has 1 N–H and O–H groups in total. The zero-order valence-electron chi connectivity index (χ0n) is 18.9. The lowest BCUT2D eigenvalue weighted by molar-refractivity contribution is -0.116. The number of hydrogen-bond donors (Lipinski definition) is 1. The van der Waals surface area contributed by atoms with Gasteiger partial charge in [0.2, 0.25) is 5.91 Å². The minimum Gasteiger partial charge on any atom is -0.342 e. The third kappa shape index (κ3) is 4.20. The van der Waals surface area contributed by atoms with Gasteiger partial charge in [-0.1, -0.05) is 36.4 Å². The van der Waals surface area contributed by atoms with Crippen molar-refractivity contribution in [2.24, 2.45) is 0 Å². The highest BCUT2D eigenvalue weighted by Crippen LogP contribution is 2.28. The van der Waals surface area contributed by atoms with Crippen LogP contribution in [-0.2, 0) is 17.9 Å². The van der Waals surface area contributed by atoms with Crippen molar-refractivity contribution in [3.63, 3.8) is 0 Å². The Kier molecular flexibility index (Phi) is 5.45. The summed E-state index contributed by atoms with van der Waals surface area (Å²) in [6.45, 7) is 4.17. The second kappa shape index (κ2) is 8.59. The number of hydrogen-bond acceptors (Lipinski definition) is 3. The van der Waals surface area contributed by atoms with E-state index in [0.29, 0.717) is 28.9 Å². The number of rotatable bonds is 5. The maximum Gasteiger partial charge on any atom is 0.278 e. The van der Waals surface area contributed by atoms with Gasteiger partial charge in [-0.2, -0.15) is 5.10 Å². The number of halogens is 1. The molecular weight excluding hydrogens is 431 g/mol. The molecule has 0 fully saturated rings. The molecule has 0 spiro atoms. The van der Waals surface area contributed by atoms with Crippen LogP contribution in [-0.4, -0.2) is 20.3 Å². The first-order valence-corrected chi connectivity index (χ1v) is 11.0. The van der Waals surface area contributed by atoms with Gasteiger partial charge < -0.3 is 9.88 Å². The van der Waals surface area contributed by atoms with Gasteiger partial charge in [-0.05, 0) is 60.9 Å². The number of fused-ring (bicyclic) bond motifs is 3. The first-order chi connectivity index (χ1) is 16.4. The number of aryl methyl sites for hydroxylation is 2. The molecule has 3 aromatic carbocycles. The third-order valence-electron chi connectivity index (χ3n) is 5.74. The molecule has 2 aliphatic rings. The summed E-state index contributed by atoms with van der Waals surface area (Å²) in [5.74, 6) is -0.775. The van der Waals surface area contributed by atoms with E-state index in [1.165, 1.54) is 12.1 Å². The molecule has 1 amide bonds. The van der Waals surface area contributed by atoms with Crippen LogP contribution in [0.3, 0.4) is 0 Å². The molecule has 3 aromatic rings. The molecule has 0 atom stereocenters. The molecule has 2 aliphatic heterocycles. The standard InChI is InChI=1S/C27H23FN4O2/c1-17-10-18(2)12-21(11-17)29-25(33)16-32-27(34)23-15-31(14-19-6-4-3-5-7-19)24-9-8-20(28)13-22(24)26(23)30-32/h3-13,15H,14,16H2,1-2H3,(H,29,33). The number of amides is 1. The molecule has 0 radical (unpaired) electrons. The highest BCUT2D eigenvalue weighted by atomic mass is 19.1. The minimum absolute atomic E-state index is 0.240. The Hall–Kier alpha value is -4.26. The number of benzene rings is 3. The van der Waals surface area contributed by atoms with Gasteiger partial charge in [-0.25, -0.2) is 9.07 Å². The van der Waals surface area contributed by atoms with E-state index in [1.54, 1.807) is 12.3 Å². The molecule has 0 saturated carbocycles. The normalized spacial score (nSPS) is 11.3. The highest BCUT2D eigenvalue weighted by Gasteiger charge is 2.22. The summed E-state index contributed by atoms with van der Waals surface area (Å²) in [6, 6.07) is 20.0. The Balaban J connectivity index is 1.54. The molecule has 0 unspecified atom stereocenters. The number of carbonyl (C=O) groups is 1. The highest BCUT2D eigenvalue weighted by molar-refractivity contribution is 5.94. The monoisotopic (exact) mass is 454 g/mol. The zero-order valence-corrected chi connectivity index (χ0v) is 18.9. The second-order valence-electron chi connectivity index (χ2n) is 8.55. The van der Waals surface area contributed by atoms with E-state index in [2.05, 4.69) is 10.4 Å². The molecule has 0 bridgehead atoms. The van der Waals surface area contributed by atoms with Crippen molar-refractivity contribution in [2.45, 2.75) is 26.9 Å². The number of nitrogens with one attached hydrogen (secondary N) is 1. The van der Waals surface area contributed by atoms with Crippen LogP contribution < -0.4 is 10.9 Å². The fourth-order valence-electron chi connectivity index (χ4n) is 4.35. The first kappa shape index (κ1) is 21.6. The fraction of sp³-hybridized carbons (Fsp3) is 0.148. The smallest absolute Gasteiger partial charge is 0.278 e. The summed E-state index contributed by atoms with van der Waals surface area (Å²) in [4.78, 5) is 25.9. The topological polar surface area (TPSA) is 68.9 Å². The van der Waals surface area contributed by atoms with Gasteiger partial charge >= 0.3 is 0 Å². The lowest BCUT2D eigenvalue weighted by Gasteiger charge is -2.14. The van der Waals surface area contributed by atoms with Crippen molar-refractivity contribution in [3.8, 4) is 11.3 Å². The second-order valence-corrected chi connectivity index (χ2v) is 8.55. The Bertz CT molecular complexity index is 1530. The Labute approximate surface area is 195 Å². The van der Waals surface area contributed by atoms with Crippen molar-refractivity contribution in [2.75, 3.05) is 5.32 Å². The van der Waals surface area contributed by atoms with Crippen LogP contribution in [0.1, 0.15) is 16.7 Å². The van der Waals surface area contributed by atoms with E-state index in [-0.39, 0.29) is 12.5 Å². The molecule has 7 heteroatoms. The average molecular weight is 455 g/mol. The molecule has 34 heavy (non-hydrogen) atoms. The first-order valence-electron chi connectivity index (χ1n) is 11.0. The molecule has 170 valence electrons. The van der Waals surface area contributed by atoms with Crippen molar-refractivity contribution in [3.05, 3.63) is 106 Å². The van der Waals surface area contributed by atoms with Crippen LogP contribution in [0.25, 0.3) is 22.2 Å². The van der Waals surface area contributed by atoms with E-state index < -0.39 is 11.4 Å². The number of aromatic nitrogens is 3. The quantitative estimate of drug-likeness (QED) is 0.417. The van der Waals surface area contributed by atoms with Crippen molar-refractivity contribution in [1.82, 2.24) is 14.3 Å². The minimum atomic E-state index is -0.416. The summed E-state index contributed by atoms with van der Waals surface area (Å²) < 4.78 is 17.2. The number of carbonyl (C=O) groups excluding carboxylic acids is 1. The predicted molar refractivity (Wildman–Crippen MR) is 131 cm³/mol. The summed E-state index contributed by atoms with van der Waals surface area (Å²) in [7, 11) is 0. The van der Waals surface area contributed by atoms with E-state index in [1.807, 2.05) is 66.9 Å². The lowest BCUT2D eigenvalue weighted by atomic mass is 10.1. The Morgan fingerprint density at radius 2 is 1.74 bits per heavy atom. The SMILES string of the molecule is Cc1cc(C)cc(NC(=O)Cn2nc3c4cc(F)ccc4n(Cc4ccccc4)cc-3c2=O)c1. The Morgan fingerprint density at radius 1 is 1.00 bits per heavy atom. The molecule has 2 heterocycles. The van der Waals surface area contributed by atoms with Crippen LogP contribution >= 0.6 is 0 Å². The number of nitrogens with zero attached hydrogens (tertiary/aromatic N) is 3. The molecule has 0 aliphatic carbocycles. The number of pyridine rings is 1. The molecular formula is C27H23FN4O2. The lowest BCUT2D eigenvalue weighted by Crippen LogP contribution is -2.26. The van der Waals surface area contributed by atoms with Gasteiger partial charge in [-0.15, -0.1) is 0 Å². The summed E-state index contributed by atoms with van der Waals surface area (Å²) in [5.41, 5.74) is 4.85. The van der Waals surface area contributed by atoms with Crippen LogP contribution in [0.4, 0.5) is 10.1 Å². The Morgan fingerprint density at radius 3 is 2.47 bits per heavy atom. The van der Waals surface area contributed by atoms with E-state index >= 15 is 0 Å². The maximum atomic E-state index is 14.2. The fourth-order valence-corrected chi connectivity index (χ4v) is 4.35. The summed E-state index contributed by atoms with van der Waals surface area (Å²) >= 11 is 0. The van der Waals surface area contributed by atoms with Crippen molar-refractivity contribution >= 4 is 22.5 Å². The van der Waals surface area contributed by atoms with Gasteiger partial charge in [0, 0.05) is 23.8 Å². The predicted octanol–water partition coefficient (Wildman–Crippen LogP) is 4.75. The number of anilines is 1. The van der Waals surface area contributed by atoms with Crippen LogP contribution in [0.5, 0.6) is 0 Å². The molecule has 6 nitrogen and oxygen atoms in total. The maximum absolute atomic E-state index is 14.2. The average Bonchev–Trinajstić information content (AvgIpc) is 3.09. The van der Waals surface area contributed by atoms with Gasteiger partial charge in [-0.3, -0.25) is 9.59 Å². The summed E-state index contributed by atoms with van der Waals surface area (Å²) in [5, 5.41) is 7.77. The van der Waals surface area contributed by atoms with Gasteiger partial charge in [0.15, 0.2) is 0 Å². The van der Waals surface area contributed by atoms with Crippen LogP contribution in [0, 0.1) is 19.7 Å². The zero-order chi connectivity index (χ0) is 23.8. The van der Waals surface area contributed by atoms with Gasteiger partial charge in [0.25, 0.3) is 5.56 Å². The molecule has 0 aromatic heterocycles. The van der Waals surface area contributed by atoms with Crippen LogP contribution in [0.15, 0.2) is 77.7 Å². The van der Waals surface area contributed by atoms with Gasteiger partial charge in [0.1, 0.15) is 18.1 Å². The third-order valence-corrected chi connectivity index (χ3v) is 5.74. The van der Waals surface area contributed by atoms with E-state index in [0.717, 1.165) is 26.9 Å². The largest absolute Gasteiger partial charge is 0.342 e. The van der Waals surface area contributed by atoms with E-state index in [9.17, 15) is 14.0 Å². The van der Waals surface area contributed by atoms with Gasteiger partial charge in [0.05, 0.1) is 11.1 Å².